The largest absolute Gasteiger partial charge is 0.352 e. The highest BCUT2D eigenvalue weighted by atomic mass is 16.1. The van der Waals surface area contributed by atoms with E-state index in [-0.39, 0.29) is 5.91 Å². The third kappa shape index (κ3) is 4.60. The summed E-state index contributed by atoms with van der Waals surface area (Å²) in [5, 5.41) is 3.04. The second-order valence-electron chi connectivity index (χ2n) is 6.08. The van der Waals surface area contributed by atoms with Crippen molar-refractivity contribution < 1.29 is 4.79 Å². The van der Waals surface area contributed by atoms with E-state index in [1.807, 2.05) is 0 Å². The third-order valence-electron chi connectivity index (χ3n) is 3.82. The molecule has 2 rings (SSSR count). The molecule has 0 spiro atoms. The van der Waals surface area contributed by atoms with Gasteiger partial charge in [0.05, 0.1) is 0 Å². The molecule has 4 nitrogen and oxygen atoms in total. The summed E-state index contributed by atoms with van der Waals surface area (Å²) >= 11 is 0. The molecule has 1 N–H and O–H groups in total. The number of carbonyl (C=O) groups is 1. The summed E-state index contributed by atoms with van der Waals surface area (Å²) in [7, 11) is 0. The zero-order valence-electron chi connectivity index (χ0n) is 12.5. The molecule has 1 fully saturated rings. The van der Waals surface area contributed by atoms with Crippen molar-refractivity contribution in [2.24, 2.45) is 11.8 Å². The van der Waals surface area contributed by atoms with Gasteiger partial charge in [-0.15, -0.1) is 0 Å². The summed E-state index contributed by atoms with van der Waals surface area (Å²) in [5.41, 5.74) is 0.692. The minimum Gasteiger partial charge on any atom is -0.352 e. The Morgan fingerprint density at radius 1 is 1.35 bits per heavy atom. The van der Waals surface area contributed by atoms with Gasteiger partial charge in [0.25, 0.3) is 5.91 Å². The summed E-state index contributed by atoms with van der Waals surface area (Å²) in [6.07, 6.45) is 5.67. The number of pyridine rings is 1. The molecule has 0 atom stereocenters. The first-order chi connectivity index (χ1) is 9.65. The van der Waals surface area contributed by atoms with E-state index < -0.39 is 0 Å². The van der Waals surface area contributed by atoms with E-state index in [4.69, 9.17) is 0 Å². The number of amides is 1. The summed E-state index contributed by atoms with van der Waals surface area (Å²) in [6.45, 7) is 8.83. The zero-order valence-corrected chi connectivity index (χ0v) is 12.5. The van der Waals surface area contributed by atoms with Crippen LogP contribution in [0.1, 0.15) is 37.0 Å². The fourth-order valence-electron chi connectivity index (χ4n) is 2.73. The van der Waals surface area contributed by atoms with E-state index in [1.165, 1.54) is 19.4 Å². The Morgan fingerprint density at radius 2 is 2.00 bits per heavy atom. The summed E-state index contributed by atoms with van der Waals surface area (Å²) in [5.74, 6) is 1.36. The van der Waals surface area contributed by atoms with Crippen LogP contribution in [0.25, 0.3) is 0 Å². The minimum absolute atomic E-state index is 0.0111. The topological polar surface area (TPSA) is 45.2 Å². The van der Waals surface area contributed by atoms with Crippen molar-refractivity contribution in [2.75, 3.05) is 26.2 Å². The van der Waals surface area contributed by atoms with Crippen LogP contribution in [0.5, 0.6) is 0 Å². The number of likely N-dealkylation sites (tertiary alicyclic amines) is 1. The van der Waals surface area contributed by atoms with Crippen molar-refractivity contribution in [2.45, 2.75) is 26.7 Å². The highest BCUT2D eigenvalue weighted by Crippen LogP contribution is 2.17. The summed E-state index contributed by atoms with van der Waals surface area (Å²) < 4.78 is 0. The van der Waals surface area contributed by atoms with Crippen molar-refractivity contribution in [3.8, 4) is 0 Å². The molecule has 0 aliphatic carbocycles. The van der Waals surface area contributed by atoms with Gasteiger partial charge in [0.2, 0.25) is 0 Å². The van der Waals surface area contributed by atoms with Crippen LogP contribution in [-0.2, 0) is 0 Å². The quantitative estimate of drug-likeness (QED) is 0.896. The molecule has 110 valence electrons. The molecule has 2 heterocycles. The monoisotopic (exact) mass is 275 g/mol. The number of rotatable bonds is 5. The maximum absolute atomic E-state index is 11.9. The van der Waals surface area contributed by atoms with Gasteiger partial charge in [-0.05, 0) is 49.9 Å². The molecule has 1 saturated heterocycles. The van der Waals surface area contributed by atoms with Gasteiger partial charge in [-0.3, -0.25) is 9.78 Å². The molecule has 0 radical (unpaired) electrons. The lowest BCUT2D eigenvalue weighted by Crippen LogP contribution is -2.40. The van der Waals surface area contributed by atoms with Gasteiger partial charge >= 0.3 is 0 Å². The first kappa shape index (κ1) is 15.0. The molecular formula is C16H25N3O. The van der Waals surface area contributed by atoms with Gasteiger partial charge in [0, 0.05) is 31.0 Å². The summed E-state index contributed by atoms with van der Waals surface area (Å²) in [4.78, 5) is 18.4. The molecule has 0 unspecified atom stereocenters. The lowest BCUT2D eigenvalue weighted by molar-refractivity contribution is 0.0934. The van der Waals surface area contributed by atoms with Crippen molar-refractivity contribution in [3.05, 3.63) is 30.1 Å². The number of piperidine rings is 1. The standard InChI is InChI=1S/C16H25N3O/c1-13(2)12-19-9-5-14(6-10-19)11-18-16(20)15-3-7-17-8-4-15/h3-4,7-8,13-14H,5-6,9-12H2,1-2H3,(H,18,20). The second-order valence-corrected chi connectivity index (χ2v) is 6.08. The van der Waals surface area contributed by atoms with Crippen LogP contribution in [0.3, 0.4) is 0 Å². The van der Waals surface area contributed by atoms with Crippen LogP contribution in [0.2, 0.25) is 0 Å². The van der Waals surface area contributed by atoms with Crippen LogP contribution in [0, 0.1) is 11.8 Å². The first-order valence-electron chi connectivity index (χ1n) is 7.55. The van der Waals surface area contributed by atoms with E-state index in [0.29, 0.717) is 11.5 Å². The molecule has 1 aliphatic heterocycles. The average molecular weight is 275 g/mol. The van der Waals surface area contributed by atoms with Crippen molar-refractivity contribution in [1.82, 2.24) is 15.2 Å². The van der Waals surface area contributed by atoms with Crippen LogP contribution in [0.4, 0.5) is 0 Å². The number of hydrogen-bond acceptors (Lipinski definition) is 3. The molecule has 20 heavy (non-hydrogen) atoms. The predicted molar refractivity (Wildman–Crippen MR) is 80.6 cm³/mol. The van der Waals surface area contributed by atoms with E-state index in [0.717, 1.165) is 25.6 Å². The van der Waals surface area contributed by atoms with Crippen LogP contribution in [0.15, 0.2) is 24.5 Å². The Labute approximate surface area is 121 Å². The van der Waals surface area contributed by atoms with Crippen LogP contribution in [-0.4, -0.2) is 42.0 Å². The van der Waals surface area contributed by atoms with Gasteiger partial charge in [-0.25, -0.2) is 0 Å². The van der Waals surface area contributed by atoms with E-state index in [9.17, 15) is 4.79 Å². The highest BCUT2D eigenvalue weighted by molar-refractivity contribution is 5.93. The SMILES string of the molecule is CC(C)CN1CCC(CNC(=O)c2ccncc2)CC1. The Kier molecular flexibility index (Phi) is 5.53. The number of nitrogens with one attached hydrogen (secondary N) is 1. The fourth-order valence-corrected chi connectivity index (χ4v) is 2.73. The van der Waals surface area contributed by atoms with Gasteiger partial charge in [0.1, 0.15) is 0 Å². The third-order valence-corrected chi connectivity index (χ3v) is 3.82. The lowest BCUT2D eigenvalue weighted by Gasteiger charge is -2.33. The molecule has 1 aromatic rings. The lowest BCUT2D eigenvalue weighted by atomic mass is 9.96. The smallest absolute Gasteiger partial charge is 0.251 e. The molecule has 1 aromatic heterocycles. The maximum Gasteiger partial charge on any atom is 0.251 e. The van der Waals surface area contributed by atoms with Gasteiger partial charge in [-0.1, -0.05) is 13.8 Å². The zero-order chi connectivity index (χ0) is 14.4. The van der Waals surface area contributed by atoms with Gasteiger partial charge in [-0.2, -0.15) is 0 Å². The molecule has 0 saturated carbocycles. The Balaban J connectivity index is 1.70. The molecule has 4 heteroatoms. The van der Waals surface area contributed by atoms with Crippen molar-refractivity contribution in [1.29, 1.82) is 0 Å². The highest BCUT2D eigenvalue weighted by Gasteiger charge is 2.20. The number of aromatic nitrogens is 1. The van der Waals surface area contributed by atoms with E-state index in [2.05, 4.69) is 29.0 Å². The molecular weight excluding hydrogens is 250 g/mol. The Bertz CT molecular complexity index is 411. The summed E-state index contributed by atoms with van der Waals surface area (Å²) in [6, 6.07) is 3.50. The first-order valence-corrected chi connectivity index (χ1v) is 7.55. The predicted octanol–water partition coefficient (Wildman–Crippen LogP) is 2.18. The fraction of sp³-hybridized carbons (Fsp3) is 0.625. The van der Waals surface area contributed by atoms with Crippen molar-refractivity contribution in [3.63, 3.8) is 0 Å². The maximum atomic E-state index is 11.9. The second kappa shape index (κ2) is 7.39. The van der Waals surface area contributed by atoms with Crippen LogP contribution < -0.4 is 5.32 Å². The van der Waals surface area contributed by atoms with Crippen molar-refractivity contribution >= 4 is 5.91 Å². The number of nitrogens with zero attached hydrogens (tertiary/aromatic N) is 2. The number of carbonyl (C=O) groups excluding carboxylic acids is 1. The average Bonchev–Trinajstić information content (AvgIpc) is 2.46. The van der Waals surface area contributed by atoms with Gasteiger partial charge in [0.15, 0.2) is 0 Å². The normalized spacial score (nSPS) is 17.4. The Hall–Kier alpha value is -1.42. The van der Waals surface area contributed by atoms with E-state index in [1.54, 1.807) is 24.5 Å². The molecule has 1 amide bonds. The number of hydrogen-bond donors (Lipinski definition) is 1. The molecule has 1 aliphatic rings. The Morgan fingerprint density at radius 3 is 2.60 bits per heavy atom. The molecule has 0 bridgehead atoms. The van der Waals surface area contributed by atoms with Gasteiger partial charge < -0.3 is 10.2 Å². The van der Waals surface area contributed by atoms with E-state index >= 15 is 0 Å². The van der Waals surface area contributed by atoms with Crippen LogP contribution >= 0.6 is 0 Å². The molecule has 0 aromatic carbocycles. The minimum atomic E-state index is 0.0111.